The van der Waals surface area contributed by atoms with Gasteiger partial charge in [-0.3, -0.25) is 4.79 Å². The molecule has 116 valence electrons. The van der Waals surface area contributed by atoms with Crippen molar-refractivity contribution in [2.75, 3.05) is 19.0 Å². The molecule has 0 spiro atoms. The summed E-state index contributed by atoms with van der Waals surface area (Å²) in [4.78, 5) is 12.7. The molecule has 1 amide bonds. The molecule has 0 saturated carbocycles. The molecule has 0 aliphatic carbocycles. The Morgan fingerprint density at radius 3 is 2.95 bits per heavy atom. The van der Waals surface area contributed by atoms with Gasteiger partial charge in [0.15, 0.2) is 0 Å². The van der Waals surface area contributed by atoms with Crippen LogP contribution >= 0.6 is 23.4 Å². The molecule has 0 fully saturated rings. The summed E-state index contributed by atoms with van der Waals surface area (Å²) in [5.74, 6) is 0.255. The third-order valence-corrected chi connectivity index (χ3v) is 4.20. The number of rotatable bonds is 4. The summed E-state index contributed by atoms with van der Waals surface area (Å²) >= 11 is 7.60. The lowest BCUT2D eigenvalue weighted by Crippen LogP contribution is -2.34. The molecule has 0 aromatic heterocycles. The van der Waals surface area contributed by atoms with E-state index in [-0.39, 0.29) is 6.04 Å². The summed E-state index contributed by atoms with van der Waals surface area (Å²) < 4.78 is 40.1. The van der Waals surface area contributed by atoms with Gasteiger partial charge in [0.2, 0.25) is 5.91 Å². The van der Waals surface area contributed by atoms with Gasteiger partial charge in [0, 0.05) is 15.7 Å². The van der Waals surface area contributed by atoms with E-state index in [1.807, 2.05) is 6.07 Å². The van der Waals surface area contributed by atoms with Crippen LogP contribution in [0.25, 0.3) is 0 Å². The molecule has 1 heterocycles. The van der Waals surface area contributed by atoms with Crippen molar-refractivity contribution in [2.24, 2.45) is 0 Å². The topological polar surface area (TPSA) is 38.3 Å². The van der Waals surface area contributed by atoms with Crippen LogP contribution in [0.5, 0.6) is 0 Å². The third-order valence-electron chi connectivity index (χ3n) is 2.85. The van der Waals surface area contributed by atoms with Crippen molar-refractivity contribution in [3.8, 4) is 0 Å². The Morgan fingerprint density at radius 1 is 1.48 bits per heavy atom. The number of carbonyl (C=O) groups is 1. The molecule has 1 N–H and O–H groups in total. The second-order valence-electron chi connectivity index (χ2n) is 4.55. The number of carbonyl (C=O) groups excluding carboxylic acids is 1. The molecule has 0 bridgehead atoms. The minimum absolute atomic E-state index is 0.248. The highest BCUT2D eigenvalue weighted by Crippen LogP contribution is 2.37. The minimum Gasteiger partial charge on any atom is -0.362 e. The minimum atomic E-state index is -4.43. The van der Waals surface area contributed by atoms with Gasteiger partial charge in [-0.1, -0.05) is 11.6 Å². The zero-order valence-corrected chi connectivity index (χ0v) is 12.4. The summed E-state index contributed by atoms with van der Waals surface area (Å²) in [6.45, 7) is -2.04. The maximum atomic E-state index is 11.9. The first-order chi connectivity index (χ1) is 9.85. The summed E-state index contributed by atoms with van der Waals surface area (Å²) in [5.41, 5.74) is 0.892. The average molecular weight is 340 g/mol. The summed E-state index contributed by atoms with van der Waals surface area (Å²) in [6, 6.07) is 5.16. The second kappa shape index (κ2) is 6.89. The Kier molecular flexibility index (Phi) is 5.40. The highest BCUT2D eigenvalue weighted by Gasteiger charge is 2.28. The maximum absolute atomic E-state index is 11.9. The van der Waals surface area contributed by atoms with E-state index in [4.69, 9.17) is 11.6 Å². The van der Waals surface area contributed by atoms with Gasteiger partial charge in [0.05, 0.1) is 6.04 Å². The van der Waals surface area contributed by atoms with E-state index in [2.05, 4.69) is 10.1 Å². The van der Waals surface area contributed by atoms with Crippen LogP contribution in [0, 0.1) is 0 Å². The largest absolute Gasteiger partial charge is 0.411 e. The van der Waals surface area contributed by atoms with Gasteiger partial charge in [-0.2, -0.15) is 13.2 Å². The molecule has 1 atom stereocenters. The molecule has 21 heavy (non-hydrogen) atoms. The number of hydrogen-bond acceptors (Lipinski definition) is 3. The number of nitrogens with one attached hydrogen (secondary N) is 1. The zero-order valence-electron chi connectivity index (χ0n) is 10.9. The molecule has 0 unspecified atom stereocenters. The van der Waals surface area contributed by atoms with E-state index in [9.17, 15) is 18.0 Å². The number of fused-ring (bicyclic) bond motifs is 1. The number of ether oxygens (including phenoxy) is 1. The Bertz CT molecular complexity index is 525. The van der Waals surface area contributed by atoms with Gasteiger partial charge >= 0.3 is 6.18 Å². The molecular formula is C13H13ClF3NO2S. The fourth-order valence-electron chi connectivity index (χ4n) is 2.01. The van der Waals surface area contributed by atoms with E-state index >= 15 is 0 Å². The van der Waals surface area contributed by atoms with Gasteiger partial charge in [0.1, 0.15) is 13.2 Å². The summed E-state index contributed by atoms with van der Waals surface area (Å²) in [7, 11) is 0. The van der Waals surface area contributed by atoms with Gasteiger partial charge in [0.25, 0.3) is 0 Å². The normalized spacial score (nSPS) is 18.2. The van der Waals surface area contributed by atoms with E-state index < -0.39 is 25.3 Å². The predicted molar refractivity (Wildman–Crippen MR) is 74.6 cm³/mol. The van der Waals surface area contributed by atoms with Crippen molar-refractivity contribution in [3.63, 3.8) is 0 Å². The Morgan fingerprint density at radius 2 is 2.24 bits per heavy atom. The molecule has 1 aromatic rings. The van der Waals surface area contributed by atoms with Crippen molar-refractivity contribution in [3.05, 3.63) is 28.8 Å². The molecule has 0 saturated heterocycles. The highest BCUT2D eigenvalue weighted by atomic mass is 35.5. The maximum Gasteiger partial charge on any atom is 0.411 e. The number of hydrogen-bond donors (Lipinski definition) is 1. The monoisotopic (exact) mass is 339 g/mol. The van der Waals surface area contributed by atoms with Gasteiger partial charge < -0.3 is 10.1 Å². The van der Waals surface area contributed by atoms with Gasteiger partial charge in [-0.15, -0.1) is 11.8 Å². The lowest BCUT2D eigenvalue weighted by Gasteiger charge is -2.26. The number of halogens is 4. The van der Waals surface area contributed by atoms with E-state index in [1.165, 1.54) is 0 Å². The van der Waals surface area contributed by atoms with Crippen LogP contribution in [0.1, 0.15) is 18.0 Å². The van der Waals surface area contributed by atoms with Crippen LogP contribution in [-0.4, -0.2) is 31.1 Å². The first-order valence-corrected chi connectivity index (χ1v) is 7.57. The van der Waals surface area contributed by atoms with Crippen LogP contribution in [0.15, 0.2) is 23.1 Å². The zero-order chi connectivity index (χ0) is 15.5. The van der Waals surface area contributed by atoms with Crippen molar-refractivity contribution in [1.82, 2.24) is 5.32 Å². The van der Waals surface area contributed by atoms with Crippen molar-refractivity contribution < 1.29 is 22.7 Å². The number of thioether (sulfide) groups is 1. The standard InChI is InChI=1S/C13H13ClF3NO2S/c14-8-1-2-11-9(5-8)10(3-4-21-11)18-12(19)6-20-7-13(15,16)17/h1-2,5,10H,3-4,6-7H2,(H,18,19)/t10-/m1/s1. The molecule has 8 heteroatoms. The molecule has 2 rings (SSSR count). The van der Waals surface area contributed by atoms with Crippen molar-refractivity contribution in [2.45, 2.75) is 23.5 Å². The summed E-state index contributed by atoms with van der Waals surface area (Å²) in [6.07, 6.45) is -3.73. The first kappa shape index (κ1) is 16.5. The number of alkyl halides is 3. The third kappa shape index (κ3) is 5.09. The van der Waals surface area contributed by atoms with Crippen molar-refractivity contribution in [1.29, 1.82) is 0 Å². The van der Waals surface area contributed by atoms with Crippen LogP contribution in [0.4, 0.5) is 13.2 Å². The van der Waals surface area contributed by atoms with Crippen LogP contribution in [0.3, 0.4) is 0 Å². The fraction of sp³-hybridized carbons (Fsp3) is 0.462. The molecule has 1 aliphatic heterocycles. The van der Waals surface area contributed by atoms with Crippen molar-refractivity contribution >= 4 is 29.3 Å². The lowest BCUT2D eigenvalue weighted by molar-refractivity contribution is -0.175. The molecule has 1 aliphatic rings. The Labute approximate surface area is 129 Å². The Hall–Kier alpha value is -0.920. The quantitative estimate of drug-likeness (QED) is 0.911. The van der Waals surface area contributed by atoms with E-state index in [1.54, 1.807) is 23.9 Å². The van der Waals surface area contributed by atoms with Crippen LogP contribution in [-0.2, 0) is 9.53 Å². The van der Waals surface area contributed by atoms with E-state index in [0.717, 1.165) is 16.2 Å². The number of amides is 1. The SMILES string of the molecule is O=C(COCC(F)(F)F)N[C@@H]1CCSc2ccc(Cl)cc21. The fourth-order valence-corrected chi connectivity index (χ4v) is 3.30. The molecule has 1 aromatic carbocycles. The molecule has 0 radical (unpaired) electrons. The first-order valence-electron chi connectivity index (χ1n) is 6.21. The highest BCUT2D eigenvalue weighted by molar-refractivity contribution is 7.99. The molecular weight excluding hydrogens is 327 g/mol. The van der Waals surface area contributed by atoms with Gasteiger partial charge in [-0.25, -0.2) is 0 Å². The van der Waals surface area contributed by atoms with Gasteiger partial charge in [-0.05, 0) is 30.2 Å². The van der Waals surface area contributed by atoms with Crippen LogP contribution in [0.2, 0.25) is 5.02 Å². The molecule has 3 nitrogen and oxygen atoms in total. The lowest BCUT2D eigenvalue weighted by atomic mass is 10.0. The number of benzene rings is 1. The smallest absolute Gasteiger partial charge is 0.362 e. The average Bonchev–Trinajstić information content (AvgIpc) is 2.38. The predicted octanol–water partition coefficient (Wildman–Crippen LogP) is 3.57. The van der Waals surface area contributed by atoms with E-state index in [0.29, 0.717) is 11.4 Å². The van der Waals surface area contributed by atoms with Crippen LogP contribution < -0.4 is 5.32 Å². The second-order valence-corrected chi connectivity index (χ2v) is 6.12. The summed E-state index contributed by atoms with van der Waals surface area (Å²) in [5, 5.41) is 3.24. The Balaban J connectivity index is 1.92.